The number of benzene rings is 1. The van der Waals surface area contributed by atoms with Crippen molar-refractivity contribution in [3.05, 3.63) is 64.4 Å². The van der Waals surface area contributed by atoms with Crippen LogP contribution in [0.3, 0.4) is 0 Å². The van der Waals surface area contributed by atoms with Gasteiger partial charge in [0.1, 0.15) is 11.5 Å². The molecule has 0 bridgehead atoms. The number of fused-ring (bicyclic) bond motifs is 1. The summed E-state index contributed by atoms with van der Waals surface area (Å²) in [6, 6.07) is 6.76. The molecule has 0 unspecified atom stereocenters. The molecule has 2 N–H and O–H groups in total. The first-order valence-corrected chi connectivity index (χ1v) is 8.38. The number of halogens is 2. The van der Waals surface area contributed by atoms with Gasteiger partial charge in [0.15, 0.2) is 0 Å². The molecule has 1 aliphatic heterocycles. The second kappa shape index (κ2) is 7.29. The van der Waals surface area contributed by atoms with E-state index >= 15 is 0 Å². The van der Waals surface area contributed by atoms with Crippen LogP contribution in [0.25, 0.3) is 5.03 Å². The first-order valence-electron chi connectivity index (χ1n) is 8.00. The van der Waals surface area contributed by atoms with Gasteiger partial charge in [-0.05, 0) is 31.5 Å². The van der Waals surface area contributed by atoms with Gasteiger partial charge in [0.2, 0.25) is 0 Å². The van der Waals surface area contributed by atoms with Gasteiger partial charge in [-0.2, -0.15) is 0 Å². The van der Waals surface area contributed by atoms with E-state index in [-0.39, 0.29) is 12.4 Å². The lowest BCUT2D eigenvalue weighted by Gasteiger charge is -2.17. The maximum Gasteiger partial charge on any atom is 0.291 e. The quantitative estimate of drug-likeness (QED) is 0.801. The third-order valence-electron chi connectivity index (χ3n) is 4.04. The van der Waals surface area contributed by atoms with Crippen LogP contribution in [0.1, 0.15) is 39.8 Å². The highest BCUT2D eigenvalue weighted by Crippen LogP contribution is 2.30. The van der Waals surface area contributed by atoms with Crippen LogP contribution in [-0.2, 0) is 17.9 Å². The highest BCUT2D eigenvalue weighted by atomic mass is 35.5. The summed E-state index contributed by atoms with van der Waals surface area (Å²) in [7, 11) is 0. The molecule has 7 heteroatoms. The van der Waals surface area contributed by atoms with E-state index in [1.54, 1.807) is 29.8 Å². The summed E-state index contributed by atoms with van der Waals surface area (Å²) in [6.07, 6.45) is 1.69. The molecule has 132 valence electrons. The van der Waals surface area contributed by atoms with E-state index in [0.29, 0.717) is 29.4 Å². The monoisotopic (exact) mass is 363 g/mol. The molecule has 1 aliphatic rings. The van der Waals surface area contributed by atoms with Crippen LogP contribution in [0.4, 0.5) is 4.39 Å². The average Bonchev–Trinajstić information content (AvgIpc) is 2.95. The van der Waals surface area contributed by atoms with E-state index < -0.39 is 5.91 Å². The number of aromatic nitrogens is 1. The van der Waals surface area contributed by atoms with Gasteiger partial charge in [-0.25, -0.2) is 9.87 Å². The summed E-state index contributed by atoms with van der Waals surface area (Å²) < 4.78 is 16.1. The average molecular weight is 364 g/mol. The molecule has 0 saturated carbocycles. The number of rotatable bonds is 5. The normalized spacial score (nSPS) is 13.0. The summed E-state index contributed by atoms with van der Waals surface area (Å²) in [5.41, 5.74) is 5.69. The Morgan fingerprint density at radius 3 is 2.96 bits per heavy atom. The van der Waals surface area contributed by atoms with Gasteiger partial charge in [-0.15, -0.1) is 0 Å². The lowest BCUT2D eigenvalue weighted by molar-refractivity contribution is 0.0356. The van der Waals surface area contributed by atoms with Crippen molar-refractivity contribution in [2.45, 2.75) is 26.9 Å². The van der Waals surface area contributed by atoms with E-state index in [9.17, 15) is 9.18 Å². The molecule has 1 aromatic carbocycles. The van der Waals surface area contributed by atoms with Crippen molar-refractivity contribution in [1.29, 1.82) is 0 Å². The van der Waals surface area contributed by atoms with E-state index in [1.807, 2.05) is 13.0 Å². The lowest BCUT2D eigenvalue weighted by Crippen LogP contribution is -2.27. The Kier molecular flexibility index (Phi) is 5.11. The topological polar surface area (TPSA) is 55.3 Å². The number of nitrogens with zero attached hydrogens (tertiary/aromatic N) is 1. The van der Waals surface area contributed by atoms with Gasteiger partial charge in [0, 0.05) is 23.0 Å². The van der Waals surface area contributed by atoms with E-state index in [2.05, 4.69) is 10.8 Å². The van der Waals surface area contributed by atoms with Gasteiger partial charge < -0.3 is 9.88 Å². The van der Waals surface area contributed by atoms with Crippen LogP contribution >= 0.6 is 11.6 Å². The molecule has 0 spiro atoms. The number of aryl methyl sites for hydroxylation is 1. The Bertz CT molecular complexity index is 845. The third-order valence-corrected chi connectivity index (χ3v) is 4.36. The van der Waals surface area contributed by atoms with Crippen LogP contribution in [0.15, 0.2) is 30.5 Å². The second-order valence-corrected chi connectivity index (χ2v) is 6.22. The maximum atomic E-state index is 14.3. The molecule has 3 rings (SSSR count). The van der Waals surface area contributed by atoms with E-state index in [4.69, 9.17) is 16.4 Å². The predicted molar refractivity (Wildman–Crippen MR) is 94.4 cm³/mol. The minimum Gasteiger partial charge on any atom is -0.384 e. The molecule has 2 aromatic rings. The summed E-state index contributed by atoms with van der Waals surface area (Å²) in [5, 5.41) is 3.57. The Morgan fingerprint density at radius 1 is 1.44 bits per heavy atom. The van der Waals surface area contributed by atoms with Crippen molar-refractivity contribution >= 4 is 22.5 Å². The molecule has 0 fully saturated rings. The summed E-state index contributed by atoms with van der Waals surface area (Å²) >= 11 is 6.24. The molecule has 1 aromatic heterocycles. The van der Waals surface area contributed by atoms with Crippen LogP contribution in [-0.4, -0.2) is 17.1 Å². The van der Waals surface area contributed by atoms with Crippen molar-refractivity contribution in [2.75, 3.05) is 6.61 Å². The molecule has 0 atom stereocenters. The smallest absolute Gasteiger partial charge is 0.291 e. The largest absolute Gasteiger partial charge is 0.384 e. The number of hydrogen-bond acceptors (Lipinski definition) is 3. The van der Waals surface area contributed by atoms with Gasteiger partial charge >= 0.3 is 0 Å². The maximum absolute atomic E-state index is 14.3. The molecular weight excluding hydrogens is 345 g/mol. The standard InChI is InChI=1S/C18H19ClFN3O2/c1-3-25-22-18(24)16-7-13-14(19)8-21-9-17(13)23(16)10-12-5-4-11(2)6-15(12)20/h4-8,21H,3,9-10H2,1-2H3,(H,22,24). The summed E-state index contributed by atoms with van der Waals surface area (Å²) in [5.74, 6) is -0.697. The number of carbonyl (C=O) groups is 1. The highest BCUT2D eigenvalue weighted by molar-refractivity contribution is 6.49. The Labute approximate surface area is 150 Å². The van der Waals surface area contributed by atoms with E-state index in [0.717, 1.165) is 16.8 Å². The second-order valence-electron chi connectivity index (χ2n) is 5.81. The SMILES string of the molecule is CCONC(=O)c1cc2c(n1Cc1ccc(C)cc1F)CNC=C2Cl. The molecular formula is C18H19ClFN3O2. The van der Waals surface area contributed by atoms with Crippen LogP contribution < -0.4 is 10.8 Å². The predicted octanol–water partition coefficient (Wildman–Crippen LogP) is 3.31. The van der Waals surface area contributed by atoms with Crippen LogP contribution in [0.5, 0.6) is 0 Å². The molecule has 25 heavy (non-hydrogen) atoms. The zero-order valence-corrected chi connectivity index (χ0v) is 14.8. The molecule has 5 nitrogen and oxygen atoms in total. The van der Waals surface area contributed by atoms with Crippen molar-refractivity contribution in [3.63, 3.8) is 0 Å². The molecule has 0 saturated heterocycles. The lowest BCUT2D eigenvalue weighted by atomic mass is 10.1. The van der Waals surface area contributed by atoms with Crippen molar-refractivity contribution < 1.29 is 14.0 Å². The fourth-order valence-corrected chi connectivity index (χ4v) is 3.05. The summed E-state index contributed by atoms with van der Waals surface area (Å²) in [6.45, 7) is 4.68. The number of amides is 1. The van der Waals surface area contributed by atoms with Crippen LogP contribution in [0, 0.1) is 12.7 Å². The Morgan fingerprint density at radius 2 is 2.24 bits per heavy atom. The third kappa shape index (κ3) is 3.55. The van der Waals surface area contributed by atoms with Crippen molar-refractivity contribution in [2.24, 2.45) is 0 Å². The fraction of sp³-hybridized carbons (Fsp3) is 0.278. The van der Waals surface area contributed by atoms with Crippen molar-refractivity contribution in [1.82, 2.24) is 15.4 Å². The van der Waals surface area contributed by atoms with Gasteiger partial charge in [-0.3, -0.25) is 9.63 Å². The Hall–Kier alpha value is -2.31. The first kappa shape index (κ1) is 17.5. The number of carbonyl (C=O) groups excluding carboxylic acids is 1. The summed E-state index contributed by atoms with van der Waals surface area (Å²) in [4.78, 5) is 17.4. The highest BCUT2D eigenvalue weighted by Gasteiger charge is 2.24. The number of hydrogen-bond donors (Lipinski definition) is 2. The first-order chi connectivity index (χ1) is 12.0. The Balaban J connectivity index is 2.03. The van der Waals surface area contributed by atoms with Gasteiger partial charge in [0.05, 0.1) is 24.7 Å². The number of hydroxylamine groups is 1. The van der Waals surface area contributed by atoms with Gasteiger partial charge in [-0.1, -0.05) is 23.7 Å². The zero-order valence-electron chi connectivity index (χ0n) is 14.0. The van der Waals surface area contributed by atoms with E-state index in [1.165, 1.54) is 6.07 Å². The number of nitrogens with one attached hydrogen (secondary N) is 2. The minimum absolute atomic E-state index is 0.224. The molecule has 2 heterocycles. The molecule has 0 aliphatic carbocycles. The van der Waals surface area contributed by atoms with Crippen LogP contribution in [0.2, 0.25) is 0 Å². The zero-order chi connectivity index (χ0) is 18.0. The fourth-order valence-electron chi connectivity index (χ4n) is 2.81. The van der Waals surface area contributed by atoms with Gasteiger partial charge in [0.25, 0.3) is 5.91 Å². The molecule has 1 amide bonds. The molecule has 0 radical (unpaired) electrons. The minimum atomic E-state index is -0.395. The van der Waals surface area contributed by atoms with Crippen molar-refractivity contribution in [3.8, 4) is 0 Å².